The molecule has 3 rings (SSSR count). The molecule has 3 aliphatic rings. The maximum absolute atomic E-state index is 11.4. The normalized spacial score (nSPS) is 52.2. The molecule has 4 atom stereocenters. The van der Waals surface area contributed by atoms with Crippen LogP contribution in [0, 0.1) is 23.7 Å². The van der Waals surface area contributed by atoms with E-state index < -0.39 is 0 Å². The van der Waals surface area contributed by atoms with Crippen molar-refractivity contribution in [3.05, 3.63) is 12.2 Å². The van der Waals surface area contributed by atoms with Gasteiger partial charge in [-0.3, -0.25) is 4.79 Å². The van der Waals surface area contributed by atoms with E-state index in [1.54, 1.807) is 0 Å². The molecule has 0 saturated heterocycles. The van der Waals surface area contributed by atoms with Gasteiger partial charge >= 0.3 is 0 Å². The van der Waals surface area contributed by atoms with Crippen molar-refractivity contribution < 1.29 is 4.79 Å². The number of fused-ring (bicyclic) bond motifs is 5. The summed E-state index contributed by atoms with van der Waals surface area (Å²) in [6.45, 7) is 0. The lowest BCUT2D eigenvalue weighted by Gasteiger charge is -2.17. The van der Waals surface area contributed by atoms with Crippen LogP contribution in [0.1, 0.15) is 19.3 Å². The van der Waals surface area contributed by atoms with Gasteiger partial charge in [-0.25, -0.2) is 0 Å². The summed E-state index contributed by atoms with van der Waals surface area (Å²) in [6.07, 6.45) is 7.93. The van der Waals surface area contributed by atoms with Gasteiger partial charge in [0, 0.05) is 12.3 Å². The maximum atomic E-state index is 11.4. The Morgan fingerprint density at radius 1 is 1.27 bits per heavy atom. The Morgan fingerprint density at radius 2 is 2.09 bits per heavy atom. The summed E-state index contributed by atoms with van der Waals surface area (Å²) in [5.74, 6) is 3.16. The van der Waals surface area contributed by atoms with Crippen molar-refractivity contribution in [2.45, 2.75) is 19.3 Å². The summed E-state index contributed by atoms with van der Waals surface area (Å²) in [4.78, 5) is 11.4. The van der Waals surface area contributed by atoms with Crippen molar-refractivity contribution in [3.63, 3.8) is 0 Å². The number of carbonyl (C=O) groups excluding carboxylic acids is 1. The van der Waals surface area contributed by atoms with E-state index in [2.05, 4.69) is 12.2 Å². The van der Waals surface area contributed by atoms with Gasteiger partial charge in [-0.15, -0.1) is 0 Å². The van der Waals surface area contributed by atoms with Crippen LogP contribution in [0.3, 0.4) is 0 Å². The molecule has 0 aliphatic heterocycles. The van der Waals surface area contributed by atoms with Gasteiger partial charge in [0.2, 0.25) is 0 Å². The van der Waals surface area contributed by atoms with E-state index in [9.17, 15) is 4.79 Å². The third kappa shape index (κ3) is 0.597. The zero-order chi connectivity index (χ0) is 7.42. The lowest BCUT2D eigenvalue weighted by atomic mass is 9.86. The van der Waals surface area contributed by atoms with Gasteiger partial charge in [-0.2, -0.15) is 0 Å². The number of carbonyl (C=O) groups is 1. The number of rotatable bonds is 0. The summed E-state index contributed by atoms with van der Waals surface area (Å²) in [7, 11) is 0. The molecule has 0 radical (unpaired) electrons. The van der Waals surface area contributed by atoms with Crippen molar-refractivity contribution in [2.24, 2.45) is 23.7 Å². The van der Waals surface area contributed by atoms with Crippen LogP contribution in [-0.4, -0.2) is 5.78 Å². The van der Waals surface area contributed by atoms with Crippen molar-refractivity contribution >= 4 is 5.78 Å². The average molecular weight is 148 g/mol. The number of hydrogen-bond acceptors (Lipinski definition) is 1. The van der Waals surface area contributed by atoms with Crippen molar-refractivity contribution in [1.29, 1.82) is 0 Å². The van der Waals surface area contributed by atoms with E-state index in [1.165, 1.54) is 12.8 Å². The molecule has 0 heterocycles. The highest BCUT2D eigenvalue weighted by molar-refractivity contribution is 5.84. The second kappa shape index (κ2) is 1.77. The average Bonchev–Trinajstić information content (AvgIpc) is 2.60. The van der Waals surface area contributed by atoms with Crippen molar-refractivity contribution in [1.82, 2.24) is 0 Å². The minimum Gasteiger partial charge on any atom is -0.299 e. The molecular weight excluding hydrogens is 136 g/mol. The Bertz CT molecular complexity index is 241. The molecule has 0 aromatic carbocycles. The summed E-state index contributed by atoms with van der Waals surface area (Å²) in [5.41, 5.74) is 0. The van der Waals surface area contributed by atoms with E-state index >= 15 is 0 Å². The molecule has 2 fully saturated rings. The first kappa shape index (κ1) is 5.99. The van der Waals surface area contributed by atoms with E-state index in [4.69, 9.17) is 0 Å². The minimum absolute atomic E-state index is 0.449. The quantitative estimate of drug-likeness (QED) is 0.479. The standard InChI is InChI=1S/C10H12O/c11-9-4-3-8-6-1-2-7(5-6)10(8)9/h1-2,6-8,10H,3-5H2/t6?,7?,8-,10+/m1/s1. The van der Waals surface area contributed by atoms with E-state index in [1.807, 2.05) is 0 Å². The first-order valence-electron chi connectivity index (χ1n) is 4.57. The zero-order valence-corrected chi connectivity index (χ0v) is 6.49. The molecule has 1 heteroatoms. The van der Waals surface area contributed by atoms with Crippen LogP contribution < -0.4 is 0 Å². The minimum atomic E-state index is 0.449. The molecule has 58 valence electrons. The molecule has 1 nitrogen and oxygen atoms in total. The highest BCUT2D eigenvalue weighted by Gasteiger charge is 2.50. The van der Waals surface area contributed by atoms with Gasteiger partial charge in [0.05, 0.1) is 0 Å². The van der Waals surface area contributed by atoms with Gasteiger partial charge in [-0.05, 0) is 30.6 Å². The fourth-order valence-corrected chi connectivity index (χ4v) is 3.27. The second-order valence-electron chi connectivity index (χ2n) is 4.14. The Kier molecular flexibility index (Phi) is 0.961. The lowest BCUT2D eigenvalue weighted by molar-refractivity contribution is -0.121. The van der Waals surface area contributed by atoms with Gasteiger partial charge in [0.1, 0.15) is 5.78 Å². The highest BCUT2D eigenvalue weighted by atomic mass is 16.1. The molecule has 2 unspecified atom stereocenters. The molecule has 0 amide bonds. The molecule has 0 aromatic rings. The van der Waals surface area contributed by atoms with E-state index in [-0.39, 0.29) is 0 Å². The van der Waals surface area contributed by atoms with Crippen LogP contribution in [-0.2, 0) is 4.79 Å². The summed E-state index contributed by atoms with van der Waals surface area (Å²) in [5, 5.41) is 0. The molecule has 2 saturated carbocycles. The summed E-state index contributed by atoms with van der Waals surface area (Å²) >= 11 is 0. The van der Waals surface area contributed by atoms with Crippen LogP contribution >= 0.6 is 0 Å². The third-order valence-electron chi connectivity index (χ3n) is 3.72. The molecule has 0 N–H and O–H groups in total. The van der Waals surface area contributed by atoms with Crippen LogP contribution in [0.25, 0.3) is 0 Å². The number of Topliss-reactive ketones (excluding diaryl/α,β-unsaturated/α-hetero) is 1. The van der Waals surface area contributed by atoms with Crippen LogP contribution in [0.5, 0.6) is 0 Å². The maximum Gasteiger partial charge on any atom is 0.136 e. The fraction of sp³-hybridized carbons (Fsp3) is 0.700. The number of ketones is 1. The summed E-state index contributed by atoms with van der Waals surface area (Å²) < 4.78 is 0. The molecule has 11 heavy (non-hydrogen) atoms. The Morgan fingerprint density at radius 3 is 2.91 bits per heavy atom. The topological polar surface area (TPSA) is 17.1 Å². The Hall–Kier alpha value is -0.590. The Balaban J connectivity index is 2.03. The Labute approximate surface area is 66.5 Å². The van der Waals surface area contributed by atoms with Gasteiger partial charge < -0.3 is 0 Å². The third-order valence-corrected chi connectivity index (χ3v) is 3.72. The van der Waals surface area contributed by atoms with Gasteiger partial charge in [-0.1, -0.05) is 12.2 Å². The van der Waals surface area contributed by atoms with Gasteiger partial charge in [0.25, 0.3) is 0 Å². The molecule has 3 aliphatic carbocycles. The van der Waals surface area contributed by atoms with E-state index in [0.29, 0.717) is 17.6 Å². The predicted molar refractivity (Wildman–Crippen MR) is 42.0 cm³/mol. The SMILES string of the molecule is O=C1CC[C@@H]2C3C=CC(C3)[C@H]12. The van der Waals surface area contributed by atoms with Crippen molar-refractivity contribution in [2.75, 3.05) is 0 Å². The monoisotopic (exact) mass is 148 g/mol. The molecule has 2 bridgehead atoms. The molecule has 0 spiro atoms. The smallest absolute Gasteiger partial charge is 0.136 e. The predicted octanol–water partition coefficient (Wildman–Crippen LogP) is 1.79. The largest absolute Gasteiger partial charge is 0.299 e. The fourth-order valence-electron chi connectivity index (χ4n) is 3.27. The summed E-state index contributed by atoms with van der Waals surface area (Å²) in [6, 6.07) is 0. The highest BCUT2D eigenvalue weighted by Crippen LogP contribution is 2.53. The number of allylic oxidation sites excluding steroid dienone is 2. The second-order valence-corrected chi connectivity index (χ2v) is 4.14. The van der Waals surface area contributed by atoms with Gasteiger partial charge in [0.15, 0.2) is 0 Å². The number of hydrogen-bond donors (Lipinski definition) is 0. The van der Waals surface area contributed by atoms with Crippen LogP contribution in [0.4, 0.5) is 0 Å². The van der Waals surface area contributed by atoms with Crippen LogP contribution in [0.15, 0.2) is 12.2 Å². The molecular formula is C10H12O. The van der Waals surface area contributed by atoms with Crippen LogP contribution in [0.2, 0.25) is 0 Å². The first-order chi connectivity index (χ1) is 5.36. The lowest BCUT2D eigenvalue weighted by Crippen LogP contribution is -2.18. The van der Waals surface area contributed by atoms with Crippen molar-refractivity contribution in [3.8, 4) is 0 Å². The zero-order valence-electron chi connectivity index (χ0n) is 6.49. The molecule has 0 aromatic heterocycles. The van der Waals surface area contributed by atoms with E-state index in [0.717, 1.165) is 18.3 Å². The first-order valence-corrected chi connectivity index (χ1v) is 4.57.